The molecule has 2 atom stereocenters. The van der Waals surface area contributed by atoms with Crippen molar-refractivity contribution >= 4 is 21.8 Å². The monoisotopic (exact) mass is 251 g/mol. The van der Waals surface area contributed by atoms with Crippen LogP contribution >= 0.6 is 15.9 Å². The van der Waals surface area contributed by atoms with Crippen LogP contribution in [-0.2, 0) is 11.2 Å². The Morgan fingerprint density at radius 1 is 1.36 bits per heavy atom. The molecule has 1 aromatic carbocycles. The lowest BCUT2D eigenvalue weighted by Gasteiger charge is -2.09. The van der Waals surface area contributed by atoms with E-state index in [-0.39, 0.29) is 11.9 Å². The van der Waals surface area contributed by atoms with E-state index in [0.717, 1.165) is 6.42 Å². The van der Waals surface area contributed by atoms with Crippen LogP contribution in [0.3, 0.4) is 0 Å². The predicted octanol–water partition coefficient (Wildman–Crippen LogP) is 2.18. The molecule has 1 heterocycles. The molecule has 14 heavy (non-hydrogen) atoms. The van der Waals surface area contributed by atoms with Crippen molar-refractivity contribution in [1.29, 1.82) is 0 Å². The molecule has 1 saturated heterocycles. The van der Waals surface area contributed by atoms with Crippen molar-refractivity contribution in [3.05, 3.63) is 33.8 Å². The molecule has 1 amide bonds. The van der Waals surface area contributed by atoms with Gasteiger partial charge in [0.05, 0.1) is 6.04 Å². The molecule has 0 saturated carbocycles. The molecule has 2 nitrogen and oxygen atoms in total. The van der Waals surface area contributed by atoms with Crippen molar-refractivity contribution in [1.82, 2.24) is 5.32 Å². The van der Waals surface area contributed by atoms with Crippen molar-refractivity contribution in [2.24, 2.45) is 5.92 Å². The average Bonchev–Trinajstić information content (AvgIpc) is 2.63. The van der Waals surface area contributed by atoms with E-state index in [2.05, 4.69) is 33.4 Å². The molecule has 1 fully saturated rings. The summed E-state index contributed by atoms with van der Waals surface area (Å²) in [5.74, 6) is 0.682. The standard InChI is InChI=1S/C11H10BrNO/c12-9-3-1-2-7-8(9)4-6-5-10(14)13-11(6)7/h1-3,6,11H,4-5H2,(H,13,14)/t6-,11+/m1/s1. The van der Waals surface area contributed by atoms with Crippen molar-refractivity contribution in [2.45, 2.75) is 18.9 Å². The Kier molecular flexibility index (Phi) is 1.71. The number of carbonyl (C=O) groups is 1. The van der Waals surface area contributed by atoms with E-state index in [9.17, 15) is 4.79 Å². The first-order valence-corrected chi connectivity index (χ1v) is 5.61. The number of fused-ring (bicyclic) bond motifs is 3. The number of hydrogen-bond donors (Lipinski definition) is 1. The van der Waals surface area contributed by atoms with Gasteiger partial charge in [-0.15, -0.1) is 0 Å². The van der Waals surface area contributed by atoms with Crippen LogP contribution in [0.2, 0.25) is 0 Å². The molecule has 3 rings (SSSR count). The topological polar surface area (TPSA) is 29.1 Å². The lowest BCUT2D eigenvalue weighted by molar-refractivity contribution is -0.119. The molecule has 0 aromatic heterocycles. The number of amides is 1. The Labute approximate surface area is 90.8 Å². The number of halogens is 1. The summed E-state index contributed by atoms with van der Waals surface area (Å²) in [6, 6.07) is 6.50. The second-order valence-electron chi connectivity index (χ2n) is 4.02. The lowest BCUT2D eigenvalue weighted by Crippen LogP contribution is -2.18. The van der Waals surface area contributed by atoms with E-state index in [1.807, 2.05) is 6.07 Å². The first-order valence-electron chi connectivity index (χ1n) is 4.82. The van der Waals surface area contributed by atoms with Crippen LogP contribution in [-0.4, -0.2) is 5.91 Å². The molecule has 0 radical (unpaired) electrons. The molecular weight excluding hydrogens is 242 g/mol. The SMILES string of the molecule is O=C1C[C@H]2Cc3c(Br)cccc3[C@H]2N1. The highest BCUT2D eigenvalue weighted by Crippen LogP contribution is 2.43. The third-order valence-electron chi connectivity index (χ3n) is 3.19. The molecule has 72 valence electrons. The fraction of sp³-hybridized carbons (Fsp3) is 0.364. The maximum atomic E-state index is 11.2. The Morgan fingerprint density at radius 2 is 2.21 bits per heavy atom. The van der Waals surface area contributed by atoms with E-state index in [1.54, 1.807) is 0 Å². The highest BCUT2D eigenvalue weighted by molar-refractivity contribution is 9.10. The number of carbonyl (C=O) groups excluding carboxylic acids is 1. The quantitative estimate of drug-likeness (QED) is 0.753. The van der Waals surface area contributed by atoms with Crippen molar-refractivity contribution in [2.75, 3.05) is 0 Å². The Balaban J connectivity index is 2.09. The van der Waals surface area contributed by atoms with Crippen LogP contribution in [0.15, 0.2) is 22.7 Å². The Bertz CT molecular complexity index is 416. The summed E-state index contributed by atoms with van der Waals surface area (Å²) in [6.45, 7) is 0. The lowest BCUT2D eigenvalue weighted by atomic mass is 10.0. The highest BCUT2D eigenvalue weighted by atomic mass is 79.9. The molecule has 0 spiro atoms. The fourth-order valence-electron chi connectivity index (χ4n) is 2.57. The molecule has 3 heteroatoms. The van der Waals surface area contributed by atoms with Gasteiger partial charge in [-0.25, -0.2) is 0 Å². The first kappa shape index (κ1) is 8.48. The zero-order valence-electron chi connectivity index (χ0n) is 7.59. The third-order valence-corrected chi connectivity index (χ3v) is 3.93. The molecule has 0 unspecified atom stereocenters. The van der Waals surface area contributed by atoms with Gasteiger partial charge in [-0.2, -0.15) is 0 Å². The second kappa shape index (κ2) is 2.83. The normalized spacial score (nSPS) is 28.5. The minimum Gasteiger partial charge on any atom is -0.349 e. The van der Waals surface area contributed by atoms with E-state index in [1.165, 1.54) is 15.6 Å². The van der Waals surface area contributed by atoms with Gasteiger partial charge < -0.3 is 5.32 Å². The van der Waals surface area contributed by atoms with Gasteiger partial charge in [-0.3, -0.25) is 4.79 Å². The molecule has 1 aliphatic carbocycles. The van der Waals surface area contributed by atoms with Crippen LogP contribution in [0.5, 0.6) is 0 Å². The summed E-state index contributed by atoms with van der Waals surface area (Å²) in [6.07, 6.45) is 1.71. The van der Waals surface area contributed by atoms with Crippen molar-refractivity contribution in [3.63, 3.8) is 0 Å². The summed E-state index contributed by atoms with van der Waals surface area (Å²) < 4.78 is 1.18. The van der Waals surface area contributed by atoms with Gasteiger partial charge in [-0.05, 0) is 29.5 Å². The smallest absolute Gasteiger partial charge is 0.220 e. The van der Waals surface area contributed by atoms with Crippen molar-refractivity contribution in [3.8, 4) is 0 Å². The predicted molar refractivity (Wildman–Crippen MR) is 56.8 cm³/mol. The van der Waals surface area contributed by atoms with Gasteiger partial charge >= 0.3 is 0 Å². The van der Waals surface area contributed by atoms with Gasteiger partial charge in [0.1, 0.15) is 0 Å². The molecular formula is C11H10BrNO. The van der Waals surface area contributed by atoms with Gasteiger partial charge in [0, 0.05) is 10.9 Å². The van der Waals surface area contributed by atoms with Crippen molar-refractivity contribution < 1.29 is 4.79 Å². The van der Waals surface area contributed by atoms with Gasteiger partial charge in [0.25, 0.3) is 0 Å². The third kappa shape index (κ3) is 1.05. The zero-order chi connectivity index (χ0) is 9.71. The summed E-state index contributed by atoms with van der Waals surface area (Å²) in [7, 11) is 0. The summed E-state index contributed by atoms with van der Waals surface area (Å²) in [5, 5.41) is 3.04. The summed E-state index contributed by atoms with van der Waals surface area (Å²) in [4.78, 5) is 11.2. The average molecular weight is 252 g/mol. The van der Waals surface area contributed by atoms with Gasteiger partial charge in [0.2, 0.25) is 5.91 Å². The van der Waals surface area contributed by atoms with E-state index in [0.29, 0.717) is 12.3 Å². The Morgan fingerprint density at radius 3 is 3.07 bits per heavy atom. The minimum absolute atomic E-state index is 0.200. The van der Waals surface area contributed by atoms with Gasteiger partial charge in [0.15, 0.2) is 0 Å². The van der Waals surface area contributed by atoms with Crippen LogP contribution in [0, 0.1) is 5.92 Å². The summed E-state index contributed by atoms with van der Waals surface area (Å²) >= 11 is 3.56. The number of hydrogen-bond acceptors (Lipinski definition) is 1. The molecule has 0 bridgehead atoms. The van der Waals surface area contributed by atoms with Gasteiger partial charge in [-0.1, -0.05) is 28.1 Å². The summed E-state index contributed by atoms with van der Waals surface area (Å²) in [5.41, 5.74) is 2.68. The van der Waals surface area contributed by atoms with Crippen LogP contribution in [0.1, 0.15) is 23.6 Å². The molecule has 1 N–H and O–H groups in total. The maximum absolute atomic E-state index is 11.2. The highest BCUT2D eigenvalue weighted by Gasteiger charge is 2.40. The van der Waals surface area contributed by atoms with E-state index < -0.39 is 0 Å². The van der Waals surface area contributed by atoms with Crippen LogP contribution in [0.4, 0.5) is 0 Å². The largest absolute Gasteiger partial charge is 0.349 e. The van der Waals surface area contributed by atoms with E-state index in [4.69, 9.17) is 0 Å². The number of nitrogens with one attached hydrogen (secondary N) is 1. The zero-order valence-corrected chi connectivity index (χ0v) is 9.17. The van der Waals surface area contributed by atoms with Crippen LogP contribution in [0.25, 0.3) is 0 Å². The maximum Gasteiger partial charge on any atom is 0.220 e. The fourth-order valence-corrected chi connectivity index (χ4v) is 3.12. The molecule has 2 aliphatic rings. The second-order valence-corrected chi connectivity index (χ2v) is 4.88. The molecule has 1 aromatic rings. The number of rotatable bonds is 0. The van der Waals surface area contributed by atoms with E-state index >= 15 is 0 Å². The Hall–Kier alpha value is -0.830. The number of benzene rings is 1. The molecule has 1 aliphatic heterocycles. The van der Waals surface area contributed by atoms with Crippen LogP contribution < -0.4 is 5.32 Å². The first-order chi connectivity index (χ1) is 6.75. The minimum atomic E-state index is 0.200.